The van der Waals surface area contributed by atoms with E-state index in [-0.39, 0.29) is 5.91 Å². The molecule has 3 rings (SSSR count). The Labute approximate surface area is 176 Å². The number of carbonyl (C=O) groups is 1. The number of aryl methyl sites for hydroxylation is 2. The molecule has 5 nitrogen and oxygen atoms in total. The lowest BCUT2D eigenvalue weighted by Gasteiger charge is -2.11. The van der Waals surface area contributed by atoms with Crippen LogP contribution in [0.1, 0.15) is 31.2 Å². The molecule has 1 amide bonds. The first-order valence-electron chi connectivity index (χ1n) is 9.72. The van der Waals surface area contributed by atoms with Crippen LogP contribution in [0.3, 0.4) is 0 Å². The number of amides is 1. The lowest BCUT2D eigenvalue weighted by Crippen LogP contribution is -2.25. The van der Waals surface area contributed by atoms with Crippen LogP contribution >= 0.6 is 11.6 Å². The van der Waals surface area contributed by atoms with Crippen molar-refractivity contribution in [1.29, 1.82) is 0 Å². The molecule has 0 aliphatic rings. The minimum Gasteiger partial charge on any atom is -0.494 e. The molecule has 0 radical (unpaired) electrons. The molecule has 3 aromatic rings. The van der Waals surface area contributed by atoms with Crippen molar-refractivity contribution < 1.29 is 9.53 Å². The van der Waals surface area contributed by atoms with Gasteiger partial charge in [0.1, 0.15) is 11.6 Å². The fraction of sp³-hybridized carbons (Fsp3) is 0.304. The number of nitrogens with one attached hydrogen (secondary N) is 1. The van der Waals surface area contributed by atoms with Gasteiger partial charge in [0.05, 0.1) is 24.2 Å². The fourth-order valence-corrected chi connectivity index (χ4v) is 3.21. The Balaban J connectivity index is 1.59. The van der Waals surface area contributed by atoms with Crippen molar-refractivity contribution in [1.82, 2.24) is 14.9 Å². The SMILES string of the molecule is C=C(C)C(=O)NCc1nc2ccccc2n1CCCCOc1ccc(Cl)c(C)c1. The first-order valence-corrected chi connectivity index (χ1v) is 10.1. The summed E-state index contributed by atoms with van der Waals surface area (Å²) in [5.41, 5.74) is 3.50. The number of unbranched alkanes of at least 4 members (excludes halogenated alkanes) is 1. The maximum absolute atomic E-state index is 11.8. The predicted octanol–water partition coefficient (Wildman–Crippen LogP) is 5.05. The monoisotopic (exact) mass is 411 g/mol. The molecule has 0 aliphatic heterocycles. The second kappa shape index (κ2) is 9.61. The molecular weight excluding hydrogens is 386 g/mol. The molecule has 6 heteroatoms. The Bertz CT molecular complexity index is 1030. The van der Waals surface area contributed by atoms with Crippen molar-refractivity contribution in [2.24, 2.45) is 0 Å². The largest absolute Gasteiger partial charge is 0.494 e. The maximum Gasteiger partial charge on any atom is 0.246 e. The van der Waals surface area contributed by atoms with Gasteiger partial charge >= 0.3 is 0 Å². The summed E-state index contributed by atoms with van der Waals surface area (Å²) in [5, 5.41) is 3.62. The summed E-state index contributed by atoms with van der Waals surface area (Å²) in [6.07, 6.45) is 1.85. The molecule has 0 spiro atoms. The smallest absolute Gasteiger partial charge is 0.246 e. The van der Waals surface area contributed by atoms with Crippen molar-refractivity contribution in [3.63, 3.8) is 0 Å². The molecule has 1 N–H and O–H groups in total. The number of halogens is 1. The lowest BCUT2D eigenvalue weighted by molar-refractivity contribution is -0.117. The number of benzene rings is 2. The summed E-state index contributed by atoms with van der Waals surface area (Å²) in [6.45, 7) is 9.16. The highest BCUT2D eigenvalue weighted by atomic mass is 35.5. The zero-order valence-corrected chi connectivity index (χ0v) is 17.6. The second-order valence-corrected chi connectivity index (χ2v) is 7.51. The number of carbonyl (C=O) groups excluding carboxylic acids is 1. The van der Waals surface area contributed by atoms with Crippen LogP contribution in [0, 0.1) is 6.92 Å². The maximum atomic E-state index is 11.8. The van der Waals surface area contributed by atoms with Crippen LogP contribution in [-0.2, 0) is 17.9 Å². The van der Waals surface area contributed by atoms with Crippen LogP contribution in [0.15, 0.2) is 54.6 Å². The second-order valence-electron chi connectivity index (χ2n) is 7.10. The van der Waals surface area contributed by atoms with E-state index in [1.54, 1.807) is 6.92 Å². The van der Waals surface area contributed by atoms with Crippen molar-refractivity contribution in [2.45, 2.75) is 39.8 Å². The van der Waals surface area contributed by atoms with E-state index in [2.05, 4.69) is 27.5 Å². The molecule has 0 aliphatic carbocycles. The summed E-state index contributed by atoms with van der Waals surface area (Å²) in [7, 11) is 0. The first kappa shape index (κ1) is 20.9. The Morgan fingerprint density at radius 2 is 2.03 bits per heavy atom. The normalized spacial score (nSPS) is 10.9. The van der Waals surface area contributed by atoms with Gasteiger partial charge in [0.25, 0.3) is 0 Å². The number of para-hydroxylation sites is 2. The average molecular weight is 412 g/mol. The molecule has 0 saturated heterocycles. The van der Waals surface area contributed by atoms with Gasteiger partial charge in [-0.2, -0.15) is 0 Å². The van der Waals surface area contributed by atoms with E-state index in [0.29, 0.717) is 18.7 Å². The third-order valence-corrected chi connectivity index (χ3v) is 5.13. The number of hydrogen-bond acceptors (Lipinski definition) is 3. The number of aromatic nitrogens is 2. The molecular formula is C23H26ClN3O2. The van der Waals surface area contributed by atoms with Gasteiger partial charge in [-0.25, -0.2) is 4.98 Å². The summed E-state index contributed by atoms with van der Waals surface area (Å²) in [4.78, 5) is 16.5. The minimum absolute atomic E-state index is 0.157. The molecule has 29 heavy (non-hydrogen) atoms. The number of ether oxygens (including phenoxy) is 1. The quantitative estimate of drug-likeness (QED) is 0.396. The predicted molar refractivity (Wildman–Crippen MR) is 117 cm³/mol. The van der Waals surface area contributed by atoms with Gasteiger partial charge in [0, 0.05) is 17.1 Å². The number of rotatable bonds is 9. The van der Waals surface area contributed by atoms with Crippen LogP contribution in [0.4, 0.5) is 0 Å². The molecule has 0 unspecified atom stereocenters. The number of nitrogens with zero attached hydrogens (tertiary/aromatic N) is 2. The summed E-state index contributed by atoms with van der Waals surface area (Å²) in [5.74, 6) is 1.52. The van der Waals surface area contributed by atoms with Crippen molar-refractivity contribution in [3.05, 3.63) is 71.0 Å². The average Bonchev–Trinajstić information content (AvgIpc) is 3.06. The van der Waals surface area contributed by atoms with E-state index in [1.165, 1.54) is 0 Å². The fourth-order valence-electron chi connectivity index (χ4n) is 3.09. The van der Waals surface area contributed by atoms with Gasteiger partial charge in [0.15, 0.2) is 0 Å². The van der Waals surface area contributed by atoms with Crippen LogP contribution in [0.25, 0.3) is 11.0 Å². The third kappa shape index (κ3) is 5.39. The van der Waals surface area contributed by atoms with E-state index >= 15 is 0 Å². The minimum atomic E-state index is -0.157. The van der Waals surface area contributed by atoms with Gasteiger partial charge in [-0.05, 0) is 62.6 Å². The molecule has 0 bridgehead atoms. The molecule has 152 valence electrons. The van der Waals surface area contributed by atoms with E-state index in [9.17, 15) is 4.79 Å². The molecule has 1 aromatic heterocycles. The van der Waals surface area contributed by atoms with Gasteiger partial charge < -0.3 is 14.6 Å². The van der Waals surface area contributed by atoms with Crippen LogP contribution in [0.5, 0.6) is 5.75 Å². The number of hydrogen-bond donors (Lipinski definition) is 1. The summed E-state index contributed by atoms with van der Waals surface area (Å²) in [6, 6.07) is 13.7. The van der Waals surface area contributed by atoms with E-state index < -0.39 is 0 Å². The molecule has 2 aromatic carbocycles. The van der Waals surface area contributed by atoms with Crippen LogP contribution in [-0.4, -0.2) is 22.1 Å². The topological polar surface area (TPSA) is 56.2 Å². The summed E-state index contributed by atoms with van der Waals surface area (Å²) < 4.78 is 8.00. The van der Waals surface area contributed by atoms with Crippen molar-refractivity contribution in [2.75, 3.05) is 6.61 Å². The Kier molecular flexibility index (Phi) is 6.94. The highest BCUT2D eigenvalue weighted by Crippen LogP contribution is 2.21. The Hall–Kier alpha value is -2.79. The van der Waals surface area contributed by atoms with E-state index in [4.69, 9.17) is 16.3 Å². The third-order valence-electron chi connectivity index (χ3n) is 4.70. The standard InChI is InChI=1S/C23H26ClN3O2/c1-16(2)23(28)25-15-22-26-20-8-4-5-9-21(20)27(22)12-6-7-13-29-18-10-11-19(24)17(3)14-18/h4-5,8-11,14H,1,6-7,12-13,15H2,2-3H3,(H,25,28). The van der Waals surface area contributed by atoms with Crippen molar-refractivity contribution >= 4 is 28.5 Å². The number of fused-ring (bicyclic) bond motifs is 1. The molecule has 0 atom stereocenters. The van der Waals surface area contributed by atoms with E-state index in [0.717, 1.165) is 52.6 Å². The highest BCUT2D eigenvalue weighted by Gasteiger charge is 2.11. The first-order chi connectivity index (χ1) is 14.0. The summed E-state index contributed by atoms with van der Waals surface area (Å²) >= 11 is 6.05. The van der Waals surface area contributed by atoms with Gasteiger partial charge in [-0.15, -0.1) is 0 Å². The lowest BCUT2D eigenvalue weighted by atomic mass is 10.2. The molecule has 0 saturated carbocycles. The van der Waals surface area contributed by atoms with Gasteiger partial charge in [0.2, 0.25) is 5.91 Å². The zero-order chi connectivity index (χ0) is 20.8. The highest BCUT2D eigenvalue weighted by molar-refractivity contribution is 6.31. The molecule has 0 fully saturated rings. The van der Waals surface area contributed by atoms with Gasteiger partial charge in [-0.1, -0.05) is 30.3 Å². The zero-order valence-electron chi connectivity index (χ0n) is 16.9. The van der Waals surface area contributed by atoms with Gasteiger partial charge in [-0.3, -0.25) is 4.79 Å². The molecule has 1 heterocycles. The van der Waals surface area contributed by atoms with E-state index in [1.807, 2.05) is 43.3 Å². The Morgan fingerprint density at radius 1 is 1.24 bits per heavy atom. The van der Waals surface area contributed by atoms with Crippen molar-refractivity contribution in [3.8, 4) is 5.75 Å². The Morgan fingerprint density at radius 3 is 2.79 bits per heavy atom. The van der Waals surface area contributed by atoms with Crippen LogP contribution < -0.4 is 10.1 Å². The van der Waals surface area contributed by atoms with Crippen LogP contribution in [0.2, 0.25) is 5.02 Å². The number of imidazole rings is 1.